The minimum absolute atomic E-state index is 0.0143. The highest BCUT2D eigenvalue weighted by molar-refractivity contribution is 6.31. The Hall–Kier alpha value is -2.04. The predicted octanol–water partition coefficient (Wildman–Crippen LogP) is 2.86. The highest BCUT2D eigenvalue weighted by Crippen LogP contribution is 2.29. The number of benzene rings is 2. The summed E-state index contributed by atoms with van der Waals surface area (Å²) in [5, 5.41) is 3.72. The van der Waals surface area contributed by atoms with Crippen molar-refractivity contribution in [1.29, 1.82) is 0 Å². The Labute approximate surface area is 167 Å². The Kier molecular flexibility index (Phi) is 6.40. The lowest BCUT2D eigenvalue weighted by Crippen LogP contribution is -3.14. The summed E-state index contributed by atoms with van der Waals surface area (Å²) in [4.78, 5) is 16.6. The number of nitrogens with zero attached hydrogens (tertiary/aromatic N) is 1. The normalized spacial score (nSPS) is 15.0. The molecular weight excluding hydrogens is 358 g/mol. The maximum absolute atomic E-state index is 12.6. The fourth-order valence-corrected chi connectivity index (χ4v) is 3.77. The average Bonchev–Trinajstić information content (AvgIpc) is 2.65. The SMILES string of the molecule is CC[NH+]1CCN(c2ccc(Cl)cc2NC(=O)Cc2ccc(C)c(C)c2)CC1. The van der Waals surface area contributed by atoms with Crippen molar-refractivity contribution >= 4 is 28.9 Å². The molecule has 1 amide bonds. The number of hydrogen-bond donors (Lipinski definition) is 2. The standard InChI is InChI=1S/C22H28ClN3O/c1-4-25-9-11-26(12-10-25)21-8-7-19(23)15-20(21)24-22(27)14-18-6-5-16(2)17(3)13-18/h5-8,13,15H,4,9-12,14H2,1-3H3,(H,24,27)/p+1. The molecule has 2 aromatic rings. The number of quaternary nitrogens is 1. The summed E-state index contributed by atoms with van der Waals surface area (Å²) >= 11 is 6.21. The van der Waals surface area contributed by atoms with Crippen LogP contribution in [-0.4, -0.2) is 38.6 Å². The van der Waals surface area contributed by atoms with Crippen molar-refractivity contribution in [1.82, 2.24) is 0 Å². The molecule has 1 heterocycles. The highest BCUT2D eigenvalue weighted by Gasteiger charge is 2.21. The first kappa shape index (κ1) is 19.7. The third kappa shape index (κ3) is 5.02. The number of rotatable bonds is 5. The molecule has 0 atom stereocenters. The Balaban J connectivity index is 1.72. The van der Waals surface area contributed by atoms with E-state index in [0.717, 1.165) is 49.7 Å². The molecule has 27 heavy (non-hydrogen) atoms. The fraction of sp³-hybridized carbons (Fsp3) is 0.409. The first-order valence-electron chi connectivity index (χ1n) is 9.70. The topological polar surface area (TPSA) is 36.8 Å². The molecule has 5 heteroatoms. The van der Waals surface area contributed by atoms with Crippen LogP contribution in [0.2, 0.25) is 5.02 Å². The molecule has 4 nitrogen and oxygen atoms in total. The number of amides is 1. The van der Waals surface area contributed by atoms with Gasteiger partial charge >= 0.3 is 0 Å². The molecule has 1 saturated heterocycles. The van der Waals surface area contributed by atoms with Crippen molar-refractivity contribution in [2.75, 3.05) is 42.9 Å². The number of aryl methyl sites for hydroxylation is 2. The number of carbonyl (C=O) groups excluding carboxylic acids is 1. The lowest BCUT2D eigenvalue weighted by molar-refractivity contribution is -0.898. The second kappa shape index (κ2) is 8.77. The maximum atomic E-state index is 12.6. The third-order valence-electron chi connectivity index (χ3n) is 5.48. The van der Waals surface area contributed by atoms with Crippen LogP contribution in [0.1, 0.15) is 23.6 Å². The summed E-state index contributed by atoms with van der Waals surface area (Å²) in [6.45, 7) is 11.8. The van der Waals surface area contributed by atoms with Gasteiger partial charge in [0.15, 0.2) is 0 Å². The summed E-state index contributed by atoms with van der Waals surface area (Å²) in [5.74, 6) is -0.0143. The van der Waals surface area contributed by atoms with Gasteiger partial charge in [-0.05, 0) is 55.7 Å². The number of hydrogen-bond acceptors (Lipinski definition) is 2. The summed E-state index contributed by atoms with van der Waals surface area (Å²) in [6, 6.07) is 11.9. The van der Waals surface area contributed by atoms with Crippen molar-refractivity contribution in [2.45, 2.75) is 27.2 Å². The Bertz CT molecular complexity index is 813. The second-order valence-corrected chi connectivity index (χ2v) is 7.83. The van der Waals surface area contributed by atoms with Crippen LogP contribution in [0.4, 0.5) is 11.4 Å². The van der Waals surface area contributed by atoms with Gasteiger partial charge in [-0.2, -0.15) is 0 Å². The van der Waals surface area contributed by atoms with E-state index in [1.165, 1.54) is 11.1 Å². The smallest absolute Gasteiger partial charge is 0.228 e. The van der Waals surface area contributed by atoms with Gasteiger partial charge in [-0.25, -0.2) is 0 Å². The summed E-state index contributed by atoms with van der Waals surface area (Å²) < 4.78 is 0. The Morgan fingerprint density at radius 3 is 2.52 bits per heavy atom. The molecule has 2 N–H and O–H groups in total. The Morgan fingerprint density at radius 2 is 1.85 bits per heavy atom. The fourth-order valence-electron chi connectivity index (χ4n) is 3.59. The van der Waals surface area contributed by atoms with Crippen LogP contribution < -0.4 is 15.1 Å². The van der Waals surface area contributed by atoms with Gasteiger partial charge in [-0.3, -0.25) is 4.79 Å². The number of piperazine rings is 1. The minimum Gasteiger partial charge on any atom is -0.359 e. The van der Waals surface area contributed by atoms with E-state index in [9.17, 15) is 4.79 Å². The van der Waals surface area contributed by atoms with Gasteiger partial charge < -0.3 is 15.1 Å². The van der Waals surface area contributed by atoms with E-state index in [-0.39, 0.29) is 5.91 Å². The summed E-state index contributed by atoms with van der Waals surface area (Å²) in [6.07, 6.45) is 0.362. The molecule has 0 aromatic heterocycles. The molecular formula is C22H29ClN3O+. The van der Waals surface area contributed by atoms with E-state index in [0.29, 0.717) is 11.4 Å². The number of anilines is 2. The Morgan fingerprint density at radius 1 is 1.11 bits per heavy atom. The van der Waals surface area contributed by atoms with Crippen LogP contribution in [0.25, 0.3) is 0 Å². The molecule has 0 spiro atoms. The van der Waals surface area contributed by atoms with Crippen LogP contribution >= 0.6 is 11.6 Å². The second-order valence-electron chi connectivity index (χ2n) is 7.40. The molecule has 1 aliphatic heterocycles. The number of halogens is 1. The zero-order valence-electron chi connectivity index (χ0n) is 16.4. The van der Waals surface area contributed by atoms with Crippen LogP contribution in [-0.2, 0) is 11.2 Å². The highest BCUT2D eigenvalue weighted by atomic mass is 35.5. The van der Waals surface area contributed by atoms with Crippen LogP contribution in [0.3, 0.4) is 0 Å². The molecule has 0 bridgehead atoms. The molecule has 0 radical (unpaired) electrons. The predicted molar refractivity (Wildman–Crippen MR) is 113 cm³/mol. The number of nitrogens with one attached hydrogen (secondary N) is 2. The zero-order chi connectivity index (χ0) is 19.4. The van der Waals surface area contributed by atoms with E-state index in [4.69, 9.17) is 11.6 Å². The van der Waals surface area contributed by atoms with Crippen molar-refractivity contribution in [2.24, 2.45) is 0 Å². The van der Waals surface area contributed by atoms with Gasteiger partial charge in [-0.15, -0.1) is 0 Å². The first-order valence-corrected chi connectivity index (χ1v) is 10.1. The molecule has 0 saturated carbocycles. The molecule has 0 unspecified atom stereocenters. The van der Waals surface area contributed by atoms with Gasteiger partial charge in [0.2, 0.25) is 5.91 Å². The average molecular weight is 387 g/mol. The quantitative estimate of drug-likeness (QED) is 0.829. The zero-order valence-corrected chi connectivity index (χ0v) is 17.2. The van der Waals surface area contributed by atoms with Gasteiger partial charge in [0.25, 0.3) is 0 Å². The molecule has 1 aliphatic rings. The van der Waals surface area contributed by atoms with E-state index in [1.807, 2.05) is 24.3 Å². The van der Waals surface area contributed by atoms with Gasteiger partial charge in [-0.1, -0.05) is 29.8 Å². The van der Waals surface area contributed by atoms with Crippen LogP contribution in [0, 0.1) is 13.8 Å². The van der Waals surface area contributed by atoms with Crippen molar-refractivity contribution in [3.8, 4) is 0 Å². The van der Waals surface area contributed by atoms with Crippen LogP contribution in [0.5, 0.6) is 0 Å². The largest absolute Gasteiger partial charge is 0.359 e. The molecule has 1 fully saturated rings. The lowest BCUT2D eigenvalue weighted by atomic mass is 10.0. The first-order chi connectivity index (χ1) is 13.0. The van der Waals surface area contributed by atoms with E-state index in [2.05, 4.69) is 43.1 Å². The van der Waals surface area contributed by atoms with Gasteiger partial charge in [0.05, 0.1) is 50.5 Å². The number of carbonyl (C=O) groups is 1. The van der Waals surface area contributed by atoms with Crippen LogP contribution in [0.15, 0.2) is 36.4 Å². The third-order valence-corrected chi connectivity index (χ3v) is 5.72. The van der Waals surface area contributed by atoms with Gasteiger partial charge in [0, 0.05) is 5.02 Å². The lowest BCUT2D eigenvalue weighted by Gasteiger charge is -2.34. The summed E-state index contributed by atoms with van der Waals surface area (Å²) in [7, 11) is 0. The van der Waals surface area contributed by atoms with Crippen molar-refractivity contribution in [3.05, 3.63) is 58.1 Å². The van der Waals surface area contributed by atoms with Crippen molar-refractivity contribution in [3.63, 3.8) is 0 Å². The molecule has 0 aliphatic carbocycles. The van der Waals surface area contributed by atoms with Crippen molar-refractivity contribution < 1.29 is 9.69 Å². The number of likely N-dealkylation sites (N-methyl/N-ethyl adjacent to an activating group) is 1. The molecule has 3 rings (SSSR count). The minimum atomic E-state index is -0.0143. The molecule has 2 aromatic carbocycles. The van der Waals surface area contributed by atoms with Gasteiger partial charge in [0.1, 0.15) is 0 Å². The monoisotopic (exact) mass is 386 g/mol. The van der Waals surface area contributed by atoms with E-state index in [1.54, 1.807) is 4.90 Å². The van der Waals surface area contributed by atoms with E-state index < -0.39 is 0 Å². The van der Waals surface area contributed by atoms with E-state index >= 15 is 0 Å². The maximum Gasteiger partial charge on any atom is 0.228 e. The summed E-state index contributed by atoms with van der Waals surface area (Å²) in [5.41, 5.74) is 5.34. The molecule has 144 valence electrons.